The molecule has 212 valence electrons. The highest BCUT2D eigenvalue weighted by Crippen LogP contribution is 2.64. The molecule has 9 heteroatoms. The van der Waals surface area contributed by atoms with Crippen LogP contribution in [0.1, 0.15) is 45.4 Å². The van der Waals surface area contributed by atoms with Crippen molar-refractivity contribution in [3.63, 3.8) is 0 Å². The maximum atomic E-state index is 14.5. The summed E-state index contributed by atoms with van der Waals surface area (Å²) in [4.78, 5) is 45.3. The molecule has 5 atom stereocenters. The van der Waals surface area contributed by atoms with Gasteiger partial charge >= 0.3 is 5.97 Å². The van der Waals surface area contributed by atoms with Crippen molar-refractivity contribution in [1.29, 1.82) is 0 Å². The Morgan fingerprint density at radius 1 is 1.21 bits per heavy atom. The Balaban J connectivity index is 1.76. The number of methoxy groups -OCH3 is 1. The van der Waals surface area contributed by atoms with Crippen LogP contribution in [0.4, 0.5) is 5.69 Å². The number of rotatable bonds is 14. The van der Waals surface area contributed by atoms with Gasteiger partial charge in [0.25, 0.3) is 5.91 Å². The topological polar surface area (TPSA) is 106 Å². The van der Waals surface area contributed by atoms with Gasteiger partial charge in [0.15, 0.2) is 0 Å². The van der Waals surface area contributed by atoms with E-state index in [0.29, 0.717) is 50.0 Å². The van der Waals surface area contributed by atoms with Crippen LogP contribution in [0.2, 0.25) is 0 Å². The predicted molar refractivity (Wildman–Crippen MR) is 146 cm³/mol. The SMILES string of the molecule is C=CCCOC(=O)[C@@H]1[C@H]2C(=O)N(CCCCO)C(C(=O)N(CC=C)c3ccc(OC)cc3)C23CC[C@@]1(CC)O3. The molecule has 2 amide bonds. The molecule has 0 saturated carbocycles. The third-order valence-electron chi connectivity index (χ3n) is 8.50. The first kappa shape index (κ1) is 28.8. The lowest BCUT2D eigenvalue weighted by molar-refractivity contribution is -0.160. The lowest BCUT2D eigenvalue weighted by Crippen LogP contribution is -2.56. The van der Waals surface area contributed by atoms with Crippen LogP contribution < -0.4 is 9.64 Å². The molecule has 0 aromatic heterocycles. The van der Waals surface area contributed by atoms with Crippen LogP contribution in [-0.2, 0) is 23.9 Å². The Morgan fingerprint density at radius 2 is 1.95 bits per heavy atom. The monoisotopic (exact) mass is 540 g/mol. The standard InChI is InChI=1S/C30H40N2O7/c1-5-8-20-38-28(36)24-23-26(34)32(18-9-10-19-33)25(30(23)16-15-29(24,7-3)39-30)27(35)31(17-6-2)21-11-13-22(37-4)14-12-21/h5-6,11-14,23-25,33H,1-2,7-10,15-20H2,3-4H3/t23-,24-,25?,29+,30?/m0/s1. The quantitative estimate of drug-likeness (QED) is 0.219. The third-order valence-corrected chi connectivity index (χ3v) is 8.50. The van der Waals surface area contributed by atoms with Gasteiger partial charge in [-0.3, -0.25) is 14.4 Å². The first-order chi connectivity index (χ1) is 18.8. The first-order valence-electron chi connectivity index (χ1n) is 13.8. The summed E-state index contributed by atoms with van der Waals surface area (Å²) in [5.41, 5.74) is -1.36. The van der Waals surface area contributed by atoms with E-state index in [1.54, 1.807) is 53.3 Å². The fourth-order valence-electron chi connectivity index (χ4n) is 6.68. The van der Waals surface area contributed by atoms with E-state index in [1.807, 2.05) is 6.92 Å². The van der Waals surface area contributed by atoms with Crippen molar-refractivity contribution in [1.82, 2.24) is 4.90 Å². The van der Waals surface area contributed by atoms with Crippen molar-refractivity contribution in [2.75, 3.05) is 38.3 Å². The average molecular weight is 541 g/mol. The number of ether oxygens (including phenoxy) is 3. The van der Waals surface area contributed by atoms with Crippen LogP contribution in [0.15, 0.2) is 49.6 Å². The van der Waals surface area contributed by atoms with Crippen molar-refractivity contribution < 1.29 is 33.7 Å². The smallest absolute Gasteiger partial charge is 0.312 e. The molecule has 1 N–H and O–H groups in total. The van der Waals surface area contributed by atoms with E-state index in [-0.39, 0.29) is 38.1 Å². The number of unbranched alkanes of at least 4 members (excludes halogenated alkanes) is 1. The zero-order valence-corrected chi connectivity index (χ0v) is 23.0. The number of hydrogen-bond donors (Lipinski definition) is 1. The van der Waals surface area contributed by atoms with Crippen LogP contribution in [0, 0.1) is 11.8 Å². The highest BCUT2D eigenvalue weighted by Gasteiger charge is 2.79. The molecule has 1 spiro atoms. The summed E-state index contributed by atoms with van der Waals surface area (Å²) in [6.45, 7) is 10.1. The van der Waals surface area contributed by atoms with E-state index >= 15 is 0 Å². The molecule has 3 saturated heterocycles. The van der Waals surface area contributed by atoms with Gasteiger partial charge in [-0.25, -0.2) is 0 Å². The van der Waals surface area contributed by atoms with Crippen molar-refractivity contribution >= 4 is 23.5 Å². The van der Waals surface area contributed by atoms with Gasteiger partial charge in [0.1, 0.15) is 23.3 Å². The Kier molecular flexibility index (Phi) is 8.81. The molecule has 0 radical (unpaired) electrons. The van der Waals surface area contributed by atoms with Crippen molar-refractivity contribution in [3.05, 3.63) is 49.6 Å². The van der Waals surface area contributed by atoms with Gasteiger partial charge in [0.05, 0.1) is 25.2 Å². The normalized spacial score (nSPS) is 28.7. The third kappa shape index (κ3) is 4.87. The summed E-state index contributed by atoms with van der Waals surface area (Å²) in [5, 5.41) is 9.39. The summed E-state index contributed by atoms with van der Waals surface area (Å²) in [7, 11) is 1.58. The van der Waals surface area contributed by atoms with Gasteiger partial charge in [0, 0.05) is 25.4 Å². The lowest BCUT2D eigenvalue weighted by Gasteiger charge is -2.37. The number of aliphatic hydroxyl groups excluding tert-OH is 1. The second-order valence-electron chi connectivity index (χ2n) is 10.5. The molecule has 1 aromatic rings. The largest absolute Gasteiger partial charge is 0.497 e. The molecule has 2 unspecified atom stereocenters. The number of aliphatic hydroxyl groups is 1. The number of amides is 2. The van der Waals surface area contributed by atoms with E-state index in [0.717, 1.165) is 0 Å². The molecule has 3 aliphatic rings. The molecular formula is C30H40N2O7. The molecule has 0 aliphatic carbocycles. The van der Waals surface area contributed by atoms with Crippen molar-refractivity contribution in [2.45, 2.75) is 62.7 Å². The number of anilines is 1. The van der Waals surface area contributed by atoms with E-state index in [4.69, 9.17) is 14.2 Å². The van der Waals surface area contributed by atoms with Crippen molar-refractivity contribution in [2.24, 2.45) is 11.8 Å². The molecule has 1 aromatic carbocycles. The number of benzene rings is 1. The Labute approximate surface area is 230 Å². The van der Waals surface area contributed by atoms with Gasteiger partial charge in [-0.05, 0) is 62.8 Å². The highest BCUT2D eigenvalue weighted by molar-refractivity contribution is 6.04. The Hall–Kier alpha value is -3.17. The predicted octanol–water partition coefficient (Wildman–Crippen LogP) is 3.26. The number of likely N-dealkylation sites (tertiary alicyclic amines) is 1. The summed E-state index contributed by atoms with van der Waals surface area (Å²) in [5.74, 6) is -1.95. The van der Waals surface area contributed by atoms with Gasteiger partial charge in [-0.1, -0.05) is 19.1 Å². The van der Waals surface area contributed by atoms with Crippen LogP contribution in [0.25, 0.3) is 0 Å². The number of fused-ring (bicyclic) bond motifs is 1. The maximum absolute atomic E-state index is 14.5. The maximum Gasteiger partial charge on any atom is 0.312 e. The van der Waals surface area contributed by atoms with Gasteiger partial charge < -0.3 is 29.1 Å². The minimum atomic E-state index is -1.14. The minimum Gasteiger partial charge on any atom is -0.497 e. The second-order valence-corrected chi connectivity index (χ2v) is 10.5. The number of hydrogen-bond acceptors (Lipinski definition) is 7. The fraction of sp³-hybridized carbons (Fsp3) is 0.567. The molecule has 4 rings (SSSR count). The molecule has 39 heavy (non-hydrogen) atoms. The molecule has 3 fully saturated rings. The number of carbonyl (C=O) groups excluding carboxylic acids is 3. The van der Waals surface area contributed by atoms with E-state index in [9.17, 15) is 19.5 Å². The molecule has 9 nitrogen and oxygen atoms in total. The summed E-state index contributed by atoms with van der Waals surface area (Å²) < 4.78 is 17.6. The lowest BCUT2D eigenvalue weighted by atomic mass is 9.65. The number of carbonyl (C=O) groups is 3. The van der Waals surface area contributed by atoms with Crippen LogP contribution in [-0.4, -0.2) is 78.4 Å². The van der Waals surface area contributed by atoms with E-state index in [2.05, 4.69) is 13.2 Å². The van der Waals surface area contributed by atoms with E-state index < -0.39 is 35.0 Å². The summed E-state index contributed by atoms with van der Waals surface area (Å²) >= 11 is 0. The number of esters is 1. The van der Waals surface area contributed by atoms with Gasteiger partial charge in [-0.2, -0.15) is 0 Å². The summed E-state index contributed by atoms with van der Waals surface area (Å²) in [6, 6.07) is 6.22. The van der Waals surface area contributed by atoms with Gasteiger partial charge in [0.2, 0.25) is 5.91 Å². The average Bonchev–Trinajstić information content (AvgIpc) is 3.55. The molecule has 2 bridgehead atoms. The highest BCUT2D eigenvalue weighted by atomic mass is 16.6. The van der Waals surface area contributed by atoms with E-state index in [1.165, 1.54) is 0 Å². The second kappa shape index (κ2) is 11.9. The first-order valence-corrected chi connectivity index (χ1v) is 13.8. The van der Waals surface area contributed by atoms with Gasteiger partial charge in [-0.15, -0.1) is 13.2 Å². The molecule has 3 heterocycles. The Bertz CT molecular complexity index is 1090. The minimum absolute atomic E-state index is 0.0165. The summed E-state index contributed by atoms with van der Waals surface area (Å²) in [6.07, 6.45) is 6.42. The van der Waals surface area contributed by atoms with Crippen LogP contribution in [0.5, 0.6) is 5.75 Å². The zero-order chi connectivity index (χ0) is 28.2. The fourth-order valence-corrected chi connectivity index (χ4v) is 6.68. The van der Waals surface area contributed by atoms with Crippen LogP contribution in [0.3, 0.4) is 0 Å². The Morgan fingerprint density at radius 3 is 2.56 bits per heavy atom. The van der Waals surface area contributed by atoms with Crippen molar-refractivity contribution in [3.8, 4) is 5.75 Å². The van der Waals surface area contributed by atoms with Crippen LogP contribution >= 0.6 is 0 Å². The molecular weight excluding hydrogens is 500 g/mol. The zero-order valence-electron chi connectivity index (χ0n) is 23.0. The number of nitrogens with zero attached hydrogens (tertiary/aromatic N) is 2. The molecule has 3 aliphatic heterocycles.